The molecule has 2 aromatic rings. The molecule has 1 saturated carbocycles. The maximum absolute atomic E-state index is 6.11. The van der Waals surface area contributed by atoms with Crippen LogP contribution in [-0.4, -0.2) is 13.2 Å². The average molecular weight is 310 g/mol. The van der Waals surface area contributed by atoms with Gasteiger partial charge in [0.15, 0.2) is 0 Å². The Balaban J connectivity index is 1.47. The van der Waals surface area contributed by atoms with Gasteiger partial charge in [0.2, 0.25) is 0 Å². The molecule has 0 aliphatic heterocycles. The van der Waals surface area contributed by atoms with Crippen molar-refractivity contribution in [1.82, 2.24) is 0 Å². The van der Waals surface area contributed by atoms with Crippen molar-refractivity contribution >= 4 is 0 Å². The molecule has 1 aliphatic carbocycles. The first kappa shape index (κ1) is 16.1. The molecule has 122 valence electrons. The van der Waals surface area contributed by atoms with E-state index in [0.29, 0.717) is 12.0 Å². The monoisotopic (exact) mass is 310 g/mol. The molecule has 0 aromatic heterocycles. The highest BCUT2D eigenvalue weighted by Gasteiger charge is 2.22. The van der Waals surface area contributed by atoms with E-state index in [4.69, 9.17) is 9.47 Å². The van der Waals surface area contributed by atoms with Crippen LogP contribution in [0.3, 0.4) is 0 Å². The van der Waals surface area contributed by atoms with Gasteiger partial charge in [-0.1, -0.05) is 42.0 Å². The number of aryl methyl sites for hydroxylation is 1. The molecule has 23 heavy (non-hydrogen) atoms. The summed E-state index contributed by atoms with van der Waals surface area (Å²) >= 11 is 0. The van der Waals surface area contributed by atoms with Gasteiger partial charge in [-0.05, 0) is 61.8 Å². The summed E-state index contributed by atoms with van der Waals surface area (Å²) in [7, 11) is 1.71. The Hall–Kier alpha value is -1.80. The number of hydrogen-bond acceptors (Lipinski definition) is 2. The molecule has 3 rings (SSSR count). The summed E-state index contributed by atoms with van der Waals surface area (Å²) < 4.78 is 11.3. The van der Waals surface area contributed by atoms with Crippen LogP contribution in [0.2, 0.25) is 0 Å². The first-order chi connectivity index (χ1) is 11.2. The highest BCUT2D eigenvalue weighted by molar-refractivity contribution is 5.29. The highest BCUT2D eigenvalue weighted by atomic mass is 16.5. The second-order valence-electron chi connectivity index (χ2n) is 6.54. The van der Waals surface area contributed by atoms with Gasteiger partial charge in [0.05, 0.1) is 19.8 Å². The second-order valence-corrected chi connectivity index (χ2v) is 6.54. The summed E-state index contributed by atoms with van der Waals surface area (Å²) in [4.78, 5) is 0. The minimum atomic E-state index is 0.408. The summed E-state index contributed by atoms with van der Waals surface area (Å²) in [5.74, 6) is 1.60. The molecule has 0 spiro atoms. The standard InChI is InChI=1S/C21H26O2/c1-16-3-5-17(6-4-16)15-23-21-13-9-19(10-14-21)18-7-11-20(22-2)12-8-18/h3-8,11-12,19,21H,9-10,13-15H2,1-2H3. The molecule has 2 heteroatoms. The zero-order valence-electron chi connectivity index (χ0n) is 14.1. The summed E-state index contributed by atoms with van der Waals surface area (Å²) in [6.45, 7) is 2.85. The first-order valence-electron chi connectivity index (χ1n) is 8.55. The van der Waals surface area contributed by atoms with Gasteiger partial charge in [-0.25, -0.2) is 0 Å². The van der Waals surface area contributed by atoms with E-state index in [1.165, 1.54) is 29.5 Å². The smallest absolute Gasteiger partial charge is 0.118 e. The minimum Gasteiger partial charge on any atom is -0.497 e. The van der Waals surface area contributed by atoms with E-state index in [0.717, 1.165) is 25.2 Å². The number of ether oxygens (including phenoxy) is 2. The molecule has 0 heterocycles. The molecule has 0 N–H and O–H groups in total. The van der Waals surface area contributed by atoms with Crippen LogP contribution in [0.15, 0.2) is 48.5 Å². The largest absolute Gasteiger partial charge is 0.497 e. The summed E-state index contributed by atoms with van der Waals surface area (Å²) in [5.41, 5.74) is 4.00. The molecule has 1 fully saturated rings. The van der Waals surface area contributed by atoms with Gasteiger partial charge >= 0.3 is 0 Å². The zero-order chi connectivity index (χ0) is 16.1. The first-order valence-corrected chi connectivity index (χ1v) is 8.55. The van der Waals surface area contributed by atoms with Crippen molar-refractivity contribution in [3.05, 3.63) is 65.2 Å². The summed E-state index contributed by atoms with van der Waals surface area (Å²) in [6, 6.07) is 17.2. The van der Waals surface area contributed by atoms with Gasteiger partial charge < -0.3 is 9.47 Å². The number of rotatable bonds is 5. The van der Waals surface area contributed by atoms with Crippen LogP contribution >= 0.6 is 0 Å². The van der Waals surface area contributed by atoms with Crippen LogP contribution in [0.5, 0.6) is 5.75 Å². The van der Waals surface area contributed by atoms with Gasteiger partial charge in [0, 0.05) is 0 Å². The molecule has 1 aliphatic rings. The fourth-order valence-electron chi connectivity index (χ4n) is 3.34. The second kappa shape index (κ2) is 7.65. The number of hydrogen-bond donors (Lipinski definition) is 0. The molecule has 0 amide bonds. The maximum atomic E-state index is 6.11. The molecular formula is C21H26O2. The lowest BCUT2D eigenvalue weighted by Crippen LogP contribution is -2.20. The summed E-state index contributed by atoms with van der Waals surface area (Å²) in [6.07, 6.45) is 5.15. The highest BCUT2D eigenvalue weighted by Crippen LogP contribution is 2.34. The van der Waals surface area contributed by atoms with E-state index in [-0.39, 0.29) is 0 Å². The minimum absolute atomic E-state index is 0.408. The van der Waals surface area contributed by atoms with Crippen molar-refractivity contribution in [1.29, 1.82) is 0 Å². The topological polar surface area (TPSA) is 18.5 Å². The molecule has 2 aromatic carbocycles. The van der Waals surface area contributed by atoms with Crippen LogP contribution in [0, 0.1) is 6.92 Å². The van der Waals surface area contributed by atoms with Crippen LogP contribution in [-0.2, 0) is 11.3 Å². The van der Waals surface area contributed by atoms with Crippen molar-refractivity contribution in [3.8, 4) is 5.75 Å². The predicted octanol–water partition coefficient (Wildman–Crippen LogP) is 5.25. The van der Waals surface area contributed by atoms with Crippen molar-refractivity contribution in [2.75, 3.05) is 7.11 Å². The SMILES string of the molecule is COc1ccc(C2CCC(OCc3ccc(C)cc3)CC2)cc1. The lowest BCUT2D eigenvalue weighted by Gasteiger charge is -2.29. The van der Waals surface area contributed by atoms with Crippen LogP contribution in [0.25, 0.3) is 0 Å². The van der Waals surface area contributed by atoms with Crippen molar-refractivity contribution < 1.29 is 9.47 Å². The third-order valence-corrected chi connectivity index (χ3v) is 4.87. The summed E-state index contributed by atoms with van der Waals surface area (Å²) in [5, 5.41) is 0. The van der Waals surface area contributed by atoms with E-state index in [2.05, 4.69) is 55.5 Å². The van der Waals surface area contributed by atoms with E-state index in [1.807, 2.05) is 0 Å². The Bertz CT molecular complexity index is 593. The average Bonchev–Trinajstić information content (AvgIpc) is 2.62. The van der Waals surface area contributed by atoms with E-state index in [1.54, 1.807) is 7.11 Å². The quantitative estimate of drug-likeness (QED) is 0.751. The van der Waals surface area contributed by atoms with E-state index >= 15 is 0 Å². The lowest BCUT2D eigenvalue weighted by atomic mass is 9.83. The van der Waals surface area contributed by atoms with Crippen LogP contribution < -0.4 is 4.74 Å². The van der Waals surface area contributed by atoms with Crippen molar-refractivity contribution in [3.63, 3.8) is 0 Å². The Morgan fingerprint density at radius 1 is 0.870 bits per heavy atom. The Morgan fingerprint density at radius 2 is 1.52 bits per heavy atom. The molecule has 0 radical (unpaired) electrons. The molecular weight excluding hydrogens is 284 g/mol. The normalized spacial score (nSPS) is 21.1. The zero-order valence-corrected chi connectivity index (χ0v) is 14.1. The van der Waals surface area contributed by atoms with E-state index < -0.39 is 0 Å². The Kier molecular flexibility index (Phi) is 5.35. The Labute approximate surface area is 139 Å². The van der Waals surface area contributed by atoms with Gasteiger partial charge in [0.1, 0.15) is 5.75 Å². The van der Waals surface area contributed by atoms with Crippen molar-refractivity contribution in [2.45, 2.75) is 51.2 Å². The van der Waals surface area contributed by atoms with Gasteiger partial charge in [-0.3, -0.25) is 0 Å². The van der Waals surface area contributed by atoms with Gasteiger partial charge in [0.25, 0.3) is 0 Å². The number of methoxy groups -OCH3 is 1. The maximum Gasteiger partial charge on any atom is 0.118 e. The molecule has 0 unspecified atom stereocenters. The molecule has 2 nitrogen and oxygen atoms in total. The van der Waals surface area contributed by atoms with E-state index in [9.17, 15) is 0 Å². The Morgan fingerprint density at radius 3 is 2.13 bits per heavy atom. The third kappa shape index (κ3) is 4.35. The fourth-order valence-corrected chi connectivity index (χ4v) is 3.34. The number of benzene rings is 2. The van der Waals surface area contributed by atoms with Crippen LogP contribution in [0.1, 0.15) is 48.3 Å². The fraction of sp³-hybridized carbons (Fsp3) is 0.429. The predicted molar refractivity (Wildman–Crippen MR) is 94.0 cm³/mol. The lowest BCUT2D eigenvalue weighted by molar-refractivity contribution is 0.0133. The third-order valence-electron chi connectivity index (χ3n) is 4.87. The van der Waals surface area contributed by atoms with Gasteiger partial charge in [-0.2, -0.15) is 0 Å². The molecule has 0 saturated heterocycles. The molecule has 0 bridgehead atoms. The van der Waals surface area contributed by atoms with Crippen molar-refractivity contribution in [2.24, 2.45) is 0 Å². The van der Waals surface area contributed by atoms with Crippen LogP contribution in [0.4, 0.5) is 0 Å². The molecule has 0 atom stereocenters. The van der Waals surface area contributed by atoms with Gasteiger partial charge in [-0.15, -0.1) is 0 Å².